The molecule has 1 heterocycles. The highest BCUT2D eigenvalue weighted by Crippen LogP contribution is 2.30. The first-order valence-electron chi connectivity index (χ1n) is 9.29. The Balaban J connectivity index is 1.52. The van der Waals surface area contributed by atoms with Crippen molar-refractivity contribution in [2.24, 2.45) is 0 Å². The van der Waals surface area contributed by atoms with Gasteiger partial charge in [-0.05, 0) is 24.5 Å². The van der Waals surface area contributed by atoms with Crippen molar-refractivity contribution in [2.75, 3.05) is 24.5 Å². The van der Waals surface area contributed by atoms with E-state index >= 15 is 0 Å². The highest BCUT2D eigenvalue weighted by atomic mass is 16.5. The number of ether oxygens (including phenoxy) is 1. The number of aliphatic hydroxyl groups excluding tert-OH is 2. The SMILES string of the molecule is O=C(NCC(O)C(O)c1ccccc1N1CCCC1)OCc1ccccc1. The van der Waals surface area contributed by atoms with E-state index in [0.29, 0.717) is 5.56 Å². The number of rotatable bonds is 7. The molecule has 1 aliphatic rings. The summed E-state index contributed by atoms with van der Waals surface area (Å²) in [5.74, 6) is 0. The highest BCUT2D eigenvalue weighted by molar-refractivity contribution is 5.67. The quantitative estimate of drug-likeness (QED) is 0.698. The maximum atomic E-state index is 11.8. The van der Waals surface area contributed by atoms with Crippen LogP contribution in [0.2, 0.25) is 0 Å². The van der Waals surface area contributed by atoms with Crippen LogP contribution in [0.5, 0.6) is 0 Å². The Morgan fingerprint density at radius 3 is 2.44 bits per heavy atom. The van der Waals surface area contributed by atoms with Gasteiger partial charge in [0.25, 0.3) is 0 Å². The molecule has 1 amide bonds. The van der Waals surface area contributed by atoms with E-state index in [2.05, 4.69) is 10.2 Å². The lowest BCUT2D eigenvalue weighted by atomic mass is 10.0. The number of carbonyl (C=O) groups excluding carboxylic acids is 1. The summed E-state index contributed by atoms with van der Waals surface area (Å²) in [6, 6.07) is 16.9. The van der Waals surface area contributed by atoms with Crippen molar-refractivity contribution in [3.05, 3.63) is 65.7 Å². The highest BCUT2D eigenvalue weighted by Gasteiger charge is 2.24. The molecular weight excluding hydrogens is 344 g/mol. The average molecular weight is 370 g/mol. The van der Waals surface area contributed by atoms with Gasteiger partial charge in [-0.1, -0.05) is 48.5 Å². The van der Waals surface area contributed by atoms with Crippen molar-refractivity contribution >= 4 is 11.8 Å². The maximum absolute atomic E-state index is 11.8. The first-order valence-corrected chi connectivity index (χ1v) is 9.29. The number of nitrogens with zero attached hydrogens (tertiary/aromatic N) is 1. The number of anilines is 1. The topological polar surface area (TPSA) is 82.0 Å². The summed E-state index contributed by atoms with van der Waals surface area (Å²) in [5, 5.41) is 23.4. The Morgan fingerprint density at radius 2 is 1.70 bits per heavy atom. The largest absolute Gasteiger partial charge is 0.445 e. The van der Waals surface area contributed by atoms with Crippen LogP contribution in [-0.4, -0.2) is 42.0 Å². The Labute approximate surface area is 159 Å². The lowest BCUT2D eigenvalue weighted by Gasteiger charge is -2.26. The minimum absolute atomic E-state index is 0.0941. The third-order valence-corrected chi connectivity index (χ3v) is 4.73. The molecule has 1 saturated heterocycles. The molecule has 6 heteroatoms. The van der Waals surface area contributed by atoms with Gasteiger partial charge in [-0.3, -0.25) is 0 Å². The van der Waals surface area contributed by atoms with Crippen LogP contribution >= 0.6 is 0 Å². The number of carbonyl (C=O) groups is 1. The second-order valence-electron chi connectivity index (χ2n) is 6.71. The fourth-order valence-electron chi connectivity index (χ4n) is 3.26. The zero-order valence-corrected chi connectivity index (χ0v) is 15.3. The summed E-state index contributed by atoms with van der Waals surface area (Å²) in [6.07, 6.45) is -0.587. The van der Waals surface area contributed by atoms with Gasteiger partial charge >= 0.3 is 6.09 Å². The molecule has 0 aromatic heterocycles. The number of hydrogen-bond donors (Lipinski definition) is 3. The predicted octanol–water partition coefficient (Wildman–Crippen LogP) is 2.61. The van der Waals surface area contributed by atoms with E-state index < -0.39 is 18.3 Å². The zero-order valence-electron chi connectivity index (χ0n) is 15.3. The van der Waals surface area contributed by atoms with E-state index in [4.69, 9.17) is 4.74 Å². The van der Waals surface area contributed by atoms with E-state index in [-0.39, 0.29) is 13.2 Å². The van der Waals surface area contributed by atoms with E-state index in [1.165, 1.54) is 0 Å². The number of nitrogens with one attached hydrogen (secondary N) is 1. The number of benzene rings is 2. The van der Waals surface area contributed by atoms with Gasteiger partial charge in [0.15, 0.2) is 0 Å². The Hall–Kier alpha value is -2.57. The van der Waals surface area contributed by atoms with Gasteiger partial charge in [0.2, 0.25) is 0 Å². The smallest absolute Gasteiger partial charge is 0.407 e. The fourth-order valence-corrected chi connectivity index (χ4v) is 3.26. The molecule has 2 atom stereocenters. The van der Waals surface area contributed by atoms with E-state index in [1.807, 2.05) is 54.6 Å². The summed E-state index contributed by atoms with van der Waals surface area (Å²) in [7, 11) is 0. The normalized spacial score (nSPS) is 16.0. The third-order valence-electron chi connectivity index (χ3n) is 4.73. The molecule has 0 spiro atoms. The van der Waals surface area contributed by atoms with Gasteiger partial charge in [0, 0.05) is 30.9 Å². The molecule has 2 aromatic carbocycles. The summed E-state index contributed by atoms with van der Waals surface area (Å²) >= 11 is 0. The maximum Gasteiger partial charge on any atom is 0.407 e. The molecule has 27 heavy (non-hydrogen) atoms. The van der Waals surface area contributed by atoms with Gasteiger partial charge in [0.05, 0.1) is 0 Å². The van der Waals surface area contributed by atoms with E-state index in [9.17, 15) is 15.0 Å². The van der Waals surface area contributed by atoms with Gasteiger partial charge < -0.3 is 25.2 Å². The fraction of sp³-hybridized carbons (Fsp3) is 0.381. The molecule has 0 aliphatic carbocycles. The first-order chi connectivity index (χ1) is 13.1. The molecule has 1 fully saturated rings. The Morgan fingerprint density at radius 1 is 1.04 bits per heavy atom. The lowest BCUT2D eigenvalue weighted by Crippen LogP contribution is -2.36. The van der Waals surface area contributed by atoms with Crippen molar-refractivity contribution in [3.63, 3.8) is 0 Å². The van der Waals surface area contributed by atoms with Crippen molar-refractivity contribution in [1.82, 2.24) is 5.32 Å². The summed E-state index contributed by atoms with van der Waals surface area (Å²) in [6.45, 7) is 1.96. The summed E-state index contributed by atoms with van der Waals surface area (Å²) < 4.78 is 5.12. The lowest BCUT2D eigenvalue weighted by molar-refractivity contribution is 0.0186. The van der Waals surface area contributed by atoms with Crippen LogP contribution < -0.4 is 10.2 Å². The molecule has 3 N–H and O–H groups in total. The zero-order chi connectivity index (χ0) is 19.1. The molecule has 2 aromatic rings. The number of hydrogen-bond acceptors (Lipinski definition) is 5. The minimum Gasteiger partial charge on any atom is -0.445 e. The number of para-hydroxylation sites is 1. The number of alkyl carbamates (subject to hydrolysis) is 1. The van der Waals surface area contributed by atoms with Crippen LogP contribution in [0.15, 0.2) is 54.6 Å². The first kappa shape index (κ1) is 19.2. The molecule has 0 bridgehead atoms. The third kappa shape index (κ3) is 5.21. The van der Waals surface area contributed by atoms with Gasteiger partial charge in [0.1, 0.15) is 18.8 Å². The van der Waals surface area contributed by atoms with Crippen LogP contribution in [0.3, 0.4) is 0 Å². The molecule has 0 saturated carbocycles. The summed E-state index contributed by atoms with van der Waals surface area (Å²) in [4.78, 5) is 14.0. The van der Waals surface area contributed by atoms with Crippen molar-refractivity contribution in [2.45, 2.75) is 31.7 Å². The molecule has 1 aliphatic heterocycles. The van der Waals surface area contributed by atoms with E-state index in [1.54, 1.807) is 0 Å². The van der Waals surface area contributed by atoms with Crippen LogP contribution in [0.1, 0.15) is 30.1 Å². The molecule has 2 unspecified atom stereocenters. The van der Waals surface area contributed by atoms with Crippen molar-refractivity contribution < 1.29 is 19.7 Å². The van der Waals surface area contributed by atoms with Crippen molar-refractivity contribution in [3.8, 4) is 0 Å². The standard InChI is InChI=1S/C21H26N2O4/c24-19(14-22-21(26)27-15-16-8-2-1-3-9-16)20(25)17-10-4-5-11-18(17)23-12-6-7-13-23/h1-5,8-11,19-20,24-25H,6-7,12-15H2,(H,22,26). The molecule has 3 rings (SSSR count). The van der Waals surface area contributed by atoms with Gasteiger partial charge in [-0.2, -0.15) is 0 Å². The second-order valence-corrected chi connectivity index (χ2v) is 6.71. The van der Waals surface area contributed by atoms with E-state index in [0.717, 1.165) is 37.2 Å². The second kappa shape index (κ2) is 9.39. The predicted molar refractivity (Wildman–Crippen MR) is 103 cm³/mol. The Bertz CT molecular complexity index is 732. The van der Waals surface area contributed by atoms with Crippen LogP contribution in [0.25, 0.3) is 0 Å². The molecule has 144 valence electrons. The van der Waals surface area contributed by atoms with Crippen LogP contribution in [0, 0.1) is 0 Å². The number of aliphatic hydroxyl groups is 2. The molecule has 0 radical (unpaired) electrons. The minimum atomic E-state index is -1.13. The average Bonchev–Trinajstić information content (AvgIpc) is 3.25. The molecular formula is C21H26N2O4. The van der Waals surface area contributed by atoms with Gasteiger partial charge in [-0.25, -0.2) is 4.79 Å². The number of amides is 1. The summed E-state index contributed by atoms with van der Waals surface area (Å²) in [5.41, 5.74) is 2.49. The van der Waals surface area contributed by atoms with Crippen LogP contribution in [0.4, 0.5) is 10.5 Å². The van der Waals surface area contributed by atoms with Crippen molar-refractivity contribution in [1.29, 1.82) is 0 Å². The Kier molecular flexibility index (Phi) is 6.68. The molecule has 6 nitrogen and oxygen atoms in total. The van der Waals surface area contributed by atoms with Crippen LogP contribution in [-0.2, 0) is 11.3 Å². The van der Waals surface area contributed by atoms with Gasteiger partial charge in [-0.15, -0.1) is 0 Å². The monoisotopic (exact) mass is 370 g/mol.